The van der Waals surface area contributed by atoms with Gasteiger partial charge in [-0.25, -0.2) is 4.79 Å². The van der Waals surface area contributed by atoms with E-state index < -0.39 is 0 Å². The smallest absolute Gasteiger partial charge is 0.315 e. The minimum atomic E-state index is -0.0977. The van der Waals surface area contributed by atoms with E-state index in [1.165, 1.54) is 5.56 Å². The van der Waals surface area contributed by atoms with Gasteiger partial charge >= 0.3 is 6.03 Å². The zero-order valence-corrected chi connectivity index (χ0v) is 12.5. The Labute approximate surface area is 116 Å². The van der Waals surface area contributed by atoms with E-state index >= 15 is 0 Å². The second kappa shape index (κ2) is 7.82. The van der Waals surface area contributed by atoms with E-state index in [9.17, 15) is 4.79 Å². The average molecular weight is 262 g/mol. The molecule has 106 valence electrons. The fourth-order valence-electron chi connectivity index (χ4n) is 1.91. The maximum Gasteiger partial charge on any atom is 0.315 e. The highest BCUT2D eigenvalue weighted by atomic mass is 16.2. The topological polar surface area (TPSA) is 41.1 Å². The predicted molar refractivity (Wildman–Crippen MR) is 80.3 cm³/mol. The largest absolute Gasteiger partial charge is 0.336 e. The summed E-state index contributed by atoms with van der Waals surface area (Å²) in [5.74, 6) is 0. The molecule has 0 radical (unpaired) electrons. The molecule has 1 aromatic carbocycles. The van der Waals surface area contributed by atoms with Crippen LogP contribution < -0.4 is 10.6 Å². The van der Waals surface area contributed by atoms with Crippen LogP contribution in [0.2, 0.25) is 0 Å². The van der Waals surface area contributed by atoms with Gasteiger partial charge in [0.2, 0.25) is 0 Å². The highest BCUT2D eigenvalue weighted by Crippen LogP contribution is 2.14. The predicted octanol–water partition coefficient (Wildman–Crippen LogP) is 3.80. The van der Waals surface area contributed by atoms with Crippen molar-refractivity contribution in [3.8, 4) is 0 Å². The Bertz CT molecular complexity index is 386. The van der Waals surface area contributed by atoms with E-state index in [1.807, 2.05) is 13.8 Å². The maximum atomic E-state index is 11.7. The van der Waals surface area contributed by atoms with Crippen LogP contribution in [-0.4, -0.2) is 12.1 Å². The van der Waals surface area contributed by atoms with Crippen molar-refractivity contribution in [1.29, 1.82) is 0 Å². The summed E-state index contributed by atoms with van der Waals surface area (Å²) in [4.78, 5) is 11.7. The summed E-state index contributed by atoms with van der Waals surface area (Å²) in [6, 6.07) is 8.62. The summed E-state index contributed by atoms with van der Waals surface area (Å²) in [6.45, 7) is 8.24. The van der Waals surface area contributed by atoms with Gasteiger partial charge in [0.1, 0.15) is 0 Å². The summed E-state index contributed by atoms with van der Waals surface area (Å²) in [7, 11) is 0. The molecule has 0 aliphatic carbocycles. The lowest BCUT2D eigenvalue weighted by molar-refractivity contribution is 0.234. The summed E-state index contributed by atoms with van der Waals surface area (Å²) in [5, 5.41) is 5.87. The second-order valence-electron chi connectivity index (χ2n) is 5.14. The third-order valence-corrected chi connectivity index (χ3v) is 3.36. The van der Waals surface area contributed by atoms with E-state index in [1.54, 1.807) is 0 Å². The molecule has 0 saturated heterocycles. The van der Waals surface area contributed by atoms with E-state index in [0.717, 1.165) is 24.8 Å². The lowest BCUT2D eigenvalue weighted by Crippen LogP contribution is -2.41. The SMILES string of the molecule is CCCc1ccc([C@H](C)NC(=O)N[C@H](C)CC)cc1. The summed E-state index contributed by atoms with van der Waals surface area (Å²) in [5.41, 5.74) is 2.49. The summed E-state index contributed by atoms with van der Waals surface area (Å²) >= 11 is 0. The fourth-order valence-corrected chi connectivity index (χ4v) is 1.91. The lowest BCUT2D eigenvalue weighted by Gasteiger charge is -2.18. The first kappa shape index (κ1) is 15.5. The van der Waals surface area contributed by atoms with Gasteiger partial charge in [0.15, 0.2) is 0 Å². The van der Waals surface area contributed by atoms with Gasteiger partial charge in [-0.05, 0) is 37.8 Å². The van der Waals surface area contributed by atoms with Gasteiger partial charge in [-0.3, -0.25) is 0 Å². The first-order chi connectivity index (χ1) is 9.06. The Hall–Kier alpha value is -1.51. The van der Waals surface area contributed by atoms with Crippen LogP contribution in [0.1, 0.15) is 57.7 Å². The standard InChI is InChI=1S/C16H26N2O/c1-5-7-14-8-10-15(11-9-14)13(4)18-16(19)17-12(3)6-2/h8-13H,5-7H2,1-4H3,(H2,17,18,19)/t12-,13+/m1/s1. The van der Waals surface area contributed by atoms with Crippen molar-refractivity contribution in [2.75, 3.05) is 0 Å². The molecular formula is C16H26N2O. The highest BCUT2D eigenvalue weighted by molar-refractivity contribution is 5.74. The van der Waals surface area contributed by atoms with Gasteiger partial charge in [-0.1, -0.05) is 44.5 Å². The van der Waals surface area contributed by atoms with Crippen molar-refractivity contribution in [3.05, 3.63) is 35.4 Å². The van der Waals surface area contributed by atoms with Crippen LogP contribution in [0.25, 0.3) is 0 Å². The van der Waals surface area contributed by atoms with Gasteiger partial charge in [0.05, 0.1) is 6.04 Å². The van der Waals surface area contributed by atoms with Crippen LogP contribution in [-0.2, 0) is 6.42 Å². The van der Waals surface area contributed by atoms with Crippen LogP contribution in [0.4, 0.5) is 4.79 Å². The summed E-state index contributed by atoms with van der Waals surface area (Å²) in [6.07, 6.45) is 3.20. The normalized spacial score (nSPS) is 13.7. The molecule has 0 aromatic heterocycles. The number of benzene rings is 1. The van der Waals surface area contributed by atoms with E-state index in [0.29, 0.717) is 0 Å². The maximum absolute atomic E-state index is 11.7. The minimum Gasteiger partial charge on any atom is -0.336 e. The Kier molecular flexibility index (Phi) is 6.40. The highest BCUT2D eigenvalue weighted by Gasteiger charge is 2.10. The minimum absolute atomic E-state index is 0.0275. The number of amides is 2. The van der Waals surface area contributed by atoms with Crippen LogP contribution >= 0.6 is 0 Å². The molecule has 1 rings (SSSR count). The fraction of sp³-hybridized carbons (Fsp3) is 0.562. The molecule has 1 aromatic rings. The molecule has 0 heterocycles. The van der Waals surface area contributed by atoms with Crippen molar-refractivity contribution >= 4 is 6.03 Å². The molecule has 0 aliphatic heterocycles. The molecule has 19 heavy (non-hydrogen) atoms. The summed E-state index contributed by atoms with van der Waals surface area (Å²) < 4.78 is 0. The third-order valence-electron chi connectivity index (χ3n) is 3.36. The lowest BCUT2D eigenvalue weighted by atomic mass is 10.0. The molecule has 0 unspecified atom stereocenters. The third kappa shape index (κ3) is 5.33. The molecule has 0 fully saturated rings. The van der Waals surface area contributed by atoms with Gasteiger partial charge in [0, 0.05) is 6.04 Å². The van der Waals surface area contributed by atoms with Gasteiger partial charge < -0.3 is 10.6 Å². The van der Waals surface area contributed by atoms with E-state index in [4.69, 9.17) is 0 Å². The van der Waals surface area contributed by atoms with Gasteiger partial charge in [0.25, 0.3) is 0 Å². The van der Waals surface area contributed by atoms with E-state index in [-0.39, 0.29) is 18.1 Å². The van der Waals surface area contributed by atoms with Crippen molar-refractivity contribution in [2.24, 2.45) is 0 Å². The van der Waals surface area contributed by atoms with Crippen molar-refractivity contribution in [1.82, 2.24) is 10.6 Å². The first-order valence-electron chi connectivity index (χ1n) is 7.22. The second-order valence-corrected chi connectivity index (χ2v) is 5.14. The molecule has 0 aliphatic rings. The van der Waals surface area contributed by atoms with Crippen molar-refractivity contribution < 1.29 is 4.79 Å². The number of hydrogen-bond acceptors (Lipinski definition) is 1. The molecule has 0 bridgehead atoms. The van der Waals surface area contributed by atoms with Crippen LogP contribution in [0.5, 0.6) is 0 Å². The zero-order valence-electron chi connectivity index (χ0n) is 12.5. The van der Waals surface area contributed by atoms with Crippen LogP contribution in [0.3, 0.4) is 0 Å². The Morgan fingerprint density at radius 1 is 1.11 bits per heavy atom. The molecule has 2 atom stereocenters. The molecule has 3 heteroatoms. The van der Waals surface area contributed by atoms with Crippen molar-refractivity contribution in [2.45, 2.75) is 59.0 Å². The molecule has 2 amide bonds. The number of carbonyl (C=O) groups excluding carboxylic acids is 1. The molecule has 3 nitrogen and oxygen atoms in total. The first-order valence-corrected chi connectivity index (χ1v) is 7.22. The number of carbonyl (C=O) groups is 1. The number of nitrogens with one attached hydrogen (secondary N) is 2. The molecule has 0 spiro atoms. The van der Waals surface area contributed by atoms with Crippen LogP contribution in [0.15, 0.2) is 24.3 Å². The quantitative estimate of drug-likeness (QED) is 0.804. The molecule has 0 saturated carbocycles. The average Bonchev–Trinajstić information content (AvgIpc) is 2.39. The number of hydrogen-bond donors (Lipinski definition) is 2. The monoisotopic (exact) mass is 262 g/mol. The zero-order chi connectivity index (χ0) is 14.3. The van der Waals surface area contributed by atoms with Crippen LogP contribution in [0, 0.1) is 0 Å². The Balaban J connectivity index is 2.52. The van der Waals surface area contributed by atoms with Gasteiger partial charge in [-0.15, -0.1) is 0 Å². The van der Waals surface area contributed by atoms with E-state index in [2.05, 4.69) is 48.7 Å². The van der Waals surface area contributed by atoms with Gasteiger partial charge in [-0.2, -0.15) is 0 Å². The number of aryl methyl sites for hydroxylation is 1. The number of rotatable bonds is 6. The molecule has 2 N–H and O–H groups in total. The Morgan fingerprint density at radius 3 is 2.26 bits per heavy atom. The Morgan fingerprint density at radius 2 is 1.74 bits per heavy atom. The van der Waals surface area contributed by atoms with Crippen molar-refractivity contribution in [3.63, 3.8) is 0 Å². The number of urea groups is 1. The molecular weight excluding hydrogens is 236 g/mol.